The summed E-state index contributed by atoms with van der Waals surface area (Å²) >= 11 is 0. The Kier molecular flexibility index (Phi) is 57.8. The molecule has 1 atom stereocenters. The molecule has 0 aromatic rings. The summed E-state index contributed by atoms with van der Waals surface area (Å²) in [4.78, 5) is 38.3. The van der Waals surface area contributed by atoms with Crippen LogP contribution < -0.4 is 0 Å². The topological polar surface area (TPSA) is 78.9 Å². The molecule has 6 heteroatoms. The lowest BCUT2D eigenvalue weighted by Gasteiger charge is -2.18. The second-order valence-corrected chi connectivity index (χ2v) is 20.8. The summed E-state index contributed by atoms with van der Waals surface area (Å²) in [6, 6.07) is 0. The van der Waals surface area contributed by atoms with Gasteiger partial charge in [0.25, 0.3) is 0 Å². The van der Waals surface area contributed by atoms with Gasteiger partial charge in [-0.05, 0) is 38.5 Å². The summed E-state index contributed by atoms with van der Waals surface area (Å²) in [5.74, 6) is -0.913. The van der Waals surface area contributed by atoms with Crippen LogP contribution in [0.5, 0.6) is 0 Å². The maximum atomic E-state index is 12.9. The van der Waals surface area contributed by atoms with Gasteiger partial charge in [-0.15, -0.1) is 0 Å². The Bertz CT molecular complexity index is 1340. The first-order valence-corrected chi connectivity index (χ1v) is 31.0. The molecule has 0 aliphatic carbocycles. The van der Waals surface area contributed by atoms with E-state index in [-0.39, 0.29) is 31.1 Å². The van der Waals surface area contributed by atoms with E-state index in [0.29, 0.717) is 19.3 Å². The van der Waals surface area contributed by atoms with Crippen molar-refractivity contribution in [2.45, 2.75) is 316 Å². The second-order valence-electron chi connectivity index (χ2n) is 20.8. The molecular weight excluding hydrogens is 889 g/mol. The zero-order valence-corrected chi connectivity index (χ0v) is 47.7. The number of esters is 3. The number of carbonyl (C=O) groups excluding carboxylic acids is 3. The minimum absolute atomic E-state index is 0.0857. The van der Waals surface area contributed by atoms with Crippen molar-refractivity contribution >= 4 is 17.9 Å². The fourth-order valence-electron chi connectivity index (χ4n) is 9.01. The van der Waals surface area contributed by atoms with Crippen molar-refractivity contribution in [3.05, 3.63) is 72.9 Å². The maximum absolute atomic E-state index is 12.9. The van der Waals surface area contributed by atoms with Crippen molar-refractivity contribution in [1.82, 2.24) is 0 Å². The van der Waals surface area contributed by atoms with Gasteiger partial charge in [0.1, 0.15) is 13.2 Å². The van der Waals surface area contributed by atoms with E-state index in [1.54, 1.807) is 0 Å². The Balaban J connectivity index is 4.41. The third kappa shape index (κ3) is 57.7. The van der Waals surface area contributed by atoms with Crippen LogP contribution in [0.3, 0.4) is 0 Å². The zero-order chi connectivity index (χ0) is 52.2. The van der Waals surface area contributed by atoms with Crippen LogP contribution in [0.25, 0.3) is 0 Å². The van der Waals surface area contributed by atoms with Crippen LogP contribution in [0.2, 0.25) is 0 Å². The third-order valence-corrected chi connectivity index (χ3v) is 13.6. The van der Waals surface area contributed by atoms with Crippen LogP contribution in [0.1, 0.15) is 310 Å². The van der Waals surface area contributed by atoms with E-state index in [1.165, 1.54) is 199 Å². The standard InChI is InChI=1S/C66H116O6/c1-4-7-10-13-16-19-22-25-28-31-33-36-38-41-44-47-50-53-56-59-65(68)71-62-63(61-70-64(67)58-55-52-49-46-43-40-37-34-30-27-24-21-18-15-12-9-6-3)72-66(69)60-57-54-51-48-45-42-39-35-32-29-26-23-20-17-14-11-8-5-2/h9,12,15,18,21,24,27,30,34,37,40,43,63H,4-8,10-11,13-14,16-17,19-20,22-23,25-26,28-29,31-33,35-36,38-39,41-42,44-62H2,1-3H3/b12-9-,18-15-,24-21-,30-27-,37-34+,43-40-. The largest absolute Gasteiger partial charge is 0.462 e. The molecule has 0 bridgehead atoms. The molecule has 6 nitrogen and oxygen atoms in total. The highest BCUT2D eigenvalue weighted by Crippen LogP contribution is 2.17. The highest BCUT2D eigenvalue weighted by molar-refractivity contribution is 5.71. The van der Waals surface area contributed by atoms with Gasteiger partial charge in [0, 0.05) is 19.3 Å². The van der Waals surface area contributed by atoms with Crippen LogP contribution in [0, 0.1) is 0 Å². The molecule has 0 aromatic carbocycles. The van der Waals surface area contributed by atoms with E-state index in [0.717, 1.165) is 70.6 Å². The average molecular weight is 1010 g/mol. The van der Waals surface area contributed by atoms with Gasteiger partial charge in [0.05, 0.1) is 0 Å². The lowest BCUT2D eigenvalue weighted by molar-refractivity contribution is -0.167. The fourth-order valence-corrected chi connectivity index (χ4v) is 9.01. The van der Waals surface area contributed by atoms with Gasteiger partial charge in [-0.2, -0.15) is 0 Å². The molecule has 0 aromatic heterocycles. The van der Waals surface area contributed by atoms with Gasteiger partial charge in [0.2, 0.25) is 0 Å². The monoisotopic (exact) mass is 1000 g/mol. The number of carbonyl (C=O) groups is 3. The van der Waals surface area contributed by atoms with Gasteiger partial charge in [-0.1, -0.05) is 325 Å². The molecule has 0 spiro atoms. The summed E-state index contributed by atoms with van der Waals surface area (Å²) in [6.07, 6.45) is 77.6. The number of ether oxygens (including phenoxy) is 3. The van der Waals surface area contributed by atoms with Gasteiger partial charge in [-0.25, -0.2) is 0 Å². The van der Waals surface area contributed by atoms with Crippen molar-refractivity contribution in [2.24, 2.45) is 0 Å². The summed E-state index contributed by atoms with van der Waals surface area (Å²) in [6.45, 7) is 6.51. The predicted octanol–water partition coefficient (Wildman–Crippen LogP) is 20.9. The number of rotatable bonds is 56. The van der Waals surface area contributed by atoms with Crippen molar-refractivity contribution in [2.75, 3.05) is 13.2 Å². The average Bonchev–Trinajstić information content (AvgIpc) is 3.38. The van der Waals surface area contributed by atoms with Crippen LogP contribution in [0.4, 0.5) is 0 Å². The zero-order valence-electron chi connectivity index (χ0n) is 47.7. The Morgan fingerprint density at radius 1 is 0.292 bits per heavy atom. The molecule has 0 radical (unpaired) electrons. The number of allylic oxidation sites excluding steroid dienone is 12. The molecule has 0 amide bonds. The van der Waals surface area contributed by atoms with Crippen molar-refractivity contribution in [1.29, 1.82) is 0 Å². The molecule has 0 saturated heterocycles. The molecule has 0 heterocycles. The smallest absolute Gasteiger partial charge is 0.306 e. The minimum Gasteiger partial charge on any atom is -0.462 e. The SMILES string of the molecule is CC\C=C/C=C\C=C/C=C\C=C\C=C/CCCCCC(=O)OCC(COC(=O)CCCCCCCCCCCCCCCCCCCCC)OC(=O)CCCCCCCCCCCCCCCCCCCC. The fraction of sp³-hybridized carbons (Fsp3) is 0.773. The Labute approximate surface area is 446 Å². The Morgan fingerprint density at radius 2 is 0.542 bits per heavy atom. The summed E-state index contributed by atoms with van der Waals surface area (Å²) < 4.78 is 16.9. The van der Waals surface area contributed by atoms with Crippen LogP contribution >= 0.6 is 0 Å². The molecule has 0 saturated carbocycles. The van der Waals surface area contributed by atoms with E-state index in [9.17, 15) is 14.4 Å². The van der Waals surface area contributed by atoms with Gasteiger partial charge in [-0.3, -0.25) is 14.4 Å². The van der Waals surface area contributed by atoms with E-state index in [1.807, 2.05) is 48.6 Å². The normalized spacial score (nSPS) is 12.5. The van der Waals surface area contributed by atoms with Gasteiger partial charge in [0.15, 0.2) is 6.10 Å². The molecule has 0 rings (SSSR count). The molecule has 416 valence electrons. The first kappa shape index (κ1) is 68.8. The molecule has 0 aliphatic heterocycles. The van der Waals surface area contributed by atoms with Crippen molar-refractivity contribution < 1.29 is 28.6 Å². The predicted molar refractivity (Wildman–Crippen MR) is 311 cm³/mol. The molecule has 0 fully saturated rings. The van der Waals surface area contributed by atoms with Crippen molar-refractivity contribution in [3.63, 3.8) is 0 Å². The Morgan fingerprint density at radius 3 is 0.847 bits per heavy atom. The lowest BCUT2D eigenvalue weighted by atomic mass is 10.0. The molecular formula is C66H116O6. The number of hydrogen-bond acceptors (Lipinski definition) is 6. The van der Waals surface area contributed by atoms with E-state index < -0.39 is 6.10 Å². The van der Waals surface area contributed by atoms with Gasteiger partial charge < -0.3 is 14.2 Å². The summed E-state index contributed by atoms with van der Waals surface area (Å²) in [5.41, 5.74) is 0. The van der Waals surface area contributed by atoms with Crippen molar-refractivity contribution in [3.8, 4) is 0 Å². The minimum atomic E-state index is -0.792. The van der Waals surface area contributed by atoms with Crippen LogP contribution in [-0.4, -0.2) is 37.2 Å². The molecule has 1 unspecified atom stereocenters. The number of unbranched alkanes of at least 4 members (excludes halogenated alkanes) is 38. The first-order chi connectivity index (χ1) is 35.5. The quantitative estimate of drug-likeness (QED) is 0.0261. The first-order valence-electron chi connectivity index (χ1n) is 31.0. The van der Waals surface area contributed by atoms with Crippen LogP contribution in [0.15, 0.2) is 72.9 Å². The lowest BCUT2D eigenvalue weighted by Crippen LogP contribution is -2.30. The molecule has 0 aliphatic rings. The molecule has 72 heavy (non-hydrogen) atoms. The van der Waals surface area contributed by atoms with E-state index >= 15 is 0 Å². The highest BCUT2D eigenvalue weighted by atomic mass is 16.6. The Hall–Kier alpha value is -3.15. The number of hydrogen-bond donors (Lipinski definition) is 0. The van der Waals surface area contributed by atoms with Crippen LogP contribution in [-0.2, 0) is 28.6 Å². The van der Waals surface area contributed by atoms with E-state index in [2.05, 4.69) is 45.1 Å². The van der Waals surface area contributed by atoms with E-state index in [4.69, 9.17) is 14.2 Å². The maximum Gasteiger partial charge on any atom is 0.306 e. The summed E-state index contributed by atoms with van der Waals surface area (Å²) in [7, 11) is 0. The highest BCUT2D eigenvalue weighted by Gasteiger charge is 2.19. The molecule has 0 N–H and O–H groups in total. The van der Waals surface area contributed by atoms with Gasteiger partial charge >= 0.3 is 17.9 Å². The summed E-state index contributed by atoms with van der Waals surface area (Å²) in [5, 5.41) is 0. The second kappa shape index (κ2) is 60.4. The third-order valence-electron chi connectivity index (χ3n) is 13.6.